The Morgan fingerprint density at radius 3 is 2.71 bits per heavy atom. The molecule has 2 rings (SSSR count). The number of likely N-dealkylation sites (N-methyl/N-ethyl adjacent to an activating group) is 1. The van der Waals surface area contributed by atoms with E-state index in [0.717, 1.165) is 32.7 Å². The fraction of sp³-hybridized carbons (Fsp3) is 0.583. The van der Waals surface area contributed by atoms with Crippen LogP contribution in [0.4, 0.5) is 4.39 Å². The van der Waals surface area contributed by atoms with Gasteiger partial charge in [0.25, 0.3) is 0 Å². The van der Waals surface area contributed by atoms with Crippen LogP contribution in [-0.4, -0.2) is 61.2 Å². The maximum atomic E-state index is 12.6. The fourth-order valence-electron chi connectivity index (χ4n) is 1.81. The maximum Gasteiger partial charge on any atom is 0.213 e. The van der Waals surface area contributed by atoms with Crippen molar-refractivity contribution in [1.82, 2.24) is 14.8 Å². The Morgan fingerprint density at radius 2 is 2.06 bits per heavy atom. The largest absolute Gasteiger partial charge is 0.491 e. The van der Waals surface area contributed by atoms with Crippen molar-refractivity contribution in [3.05, 3.63) is 24.3 Å². The smallest absolute Gasteiger partial charge is 0.213 e. The Labute approximate surface area is 101 Å². The number of rotatable bonds is 4. The van der Waals surface area contributed by atoms with Crippen molar-refractivity contribution in [2.45, 2.75) is 0 Å². The van der Waals surface area contributed by atoms with E-state index in [9.17, 15) is 4.39 Å². The first-order valence-electron chi connectivity index (χ1n) is 5.89. The van der Waals surface area contributed by atoms with Crippen LogP contribution in [0.15, 0.2) is 18.3 Å². The van der Waals surface area contributed by atoms with Crippen LogP contribution in [0.3, 0.4) is 0 Å². The molecule has 1 aliphatic heterocycles. The molecule has 0 amide bonds. The van der Waals surface area contributed by atoms with E-state index in [0.29, 0.717) is 12.4 Å². The van der Waals surface area contributed by atoms with Gasteiger partial charge < -0.3 is 9.64 Å². The molecule has 94 valence electrons. The molecular formula is C12H18FN3O. The first-order valence-corrected chi connectivity index (χ1v) is 5.89. The first kappa shape index (κ1) is 12.3. The van der Waals surface area contributed by atoms with Crippen molar-refractivity contribution in [2.24, 2.45) is 0 Å². The summed E-state index contributed by atoms with van der Waals surface area (Å²) >= 11 is 0. The fourth-order valence-corrected chi connectivity index (χ4v) is 1.81. The summed E-state index contributed by atoms with van der Waals surface area (Å²) in [5.74, 6) is 0.150. The van der Waals surface area contributed by atoms with Gasteiger partial charge in [0.05, 0.1) is 6.20 Å². The van der Waals surface area contributed by atoms with Crippen LogP contribution in [0.2, 0.25) is 0 Å². The number of piperazine rings is 1. The maximum absolute atomic E-state index is 12.6. The molecule has 0 bridgehead atoms. The van der Waals surface area contributed by atoms with Gasteiger partial charge in [-0.25, -0.2) is 4.98 Å². The van der Waals surface area contributed by atoms with E-state index in [1.807, 2.05) is 0 Å². The number of halogens is 1. The van der Waals surface area contributed by atoms with Crippen LogP contribution >= 0.6 is 0 Å². The van der Waals surface area contributed by atoms with Gasteiger partial charge in [0.15, 0.2) is 0 Å². The third-order valence-corrected chi connectivity index (χ3v) is 2.97. The van der Waals surface area contributed by atoms with E-state index < -0.39 is 5.95 Å². The second kappa shape index (κ2) is 5.93. The molecule has 1 aromatic heterocycles. The van der Waals surface area contributed by atoms with Gasteiger partial charge in [0, 0.05) is 32.7 Å². The quantitative estimate of drug-likeness (QED) is 0.728. The number of ether oxygens (including phenoxy) is 1. The Morgan fingerprint density at radius 1 is 1.29 bits per heavy atom. The summed E-state index contributed by atoms with van der Waals surface area (Å²) in [4.78, 5) is 8.24. The molecule has 0 atom stereocenters. The lowest BCUT2D eigenvalue weighted by Gasteiger charge is -2.32. The SMILES string of the molecule is CN1CCN(CCOc2ccc(F)nc2)CC1. The zero-order chi connectivity index (χ0) is 12.1. The zero-order valence-corrected chi connectivity index (χ0v) is 10.1. The Hall–Kier alpha value is -1.20. The number of hydrogen-bond donors (Lipinski definition) is 0. The zero-order valence-electron chi connectivity index (χ0n) is 10.1. The summed E-state index contributed by atoms with van der Waals surface area (Å²) in [6.07, 6.45) is 1.42. The van der Waals surface area contributed by atoms with Crippen LogP contribution in [0.1, 0.15) is 0 Å². The monoisotopic (exact) mass is 239 g/mol. The van der Waals surface area contributed by atoms with Crippen molar-refractivity contribution in [3.8, 4) is 5.75 Å². The van der Waals surface area contributed by atoms with Gasteiger partial charge in [0.2, 0.25) is 5.95 Å². The average Bonchev–Trinajstić information content (AvgIpc) is 2.34. The van der Waals surface area contributed by atoms with E-state index in [1.54, 1.807) is 6.07 Å². The lowest BCUT2D eigenvalue weighted by Crippen LogP contribution is -2.45. The Kier molecular flexibility index (Phi) is 4.28. The van der Waals surface area contributed by atoms with Crippen molar-refractivity contribution < 1.29 is 9.13 Å². The highest BCUT2D eigenvalue weighted by Crippen LogP contribution is 2.08. The highest BCUT2D eigenvalue weighted by atomic mass is 19.1. The molecule has 0 aliphatic carbocycles. The van der Waals surface area contributed by atoms with Gasteiger partial charge in [-0.1, -0.05) is 0 Å². The van der Waals surface area contributed by atoms with Gasteiger partial charge in [-0.15, -0.1) is 0 Å². The lowest BCUT2D eigenvalue weighted by molar-refractivity contribution is 0.133. The predicted molar refractivity (Wildman–Crippen MR) is 63.6 cm³/mol. The summed E-state index contributed by atoms with van der Waals surface area (Å²) in [5, 5.41) is 0. The van der Waals surface area contributed by atoms with E-state index in [2.05, 4.69) is 21.8 Å². The topological polar surface area (TPSA) is 28.6 Å². The van der Waals surface area contributed by atoms with E-state index in [1.165, 1.54) is 12.3 Å². The van der Waals surface area contributed by atoms with Gasteiger partial charge in [0.1, 0.15) is 12.4 Å². The molecule has 0 spiro atoms. The average molecular weight is 239 g/mol. The molecule has 0 aromatic carbocycles. The minimum Gasteiger partial charge on any atom is -0.491 e. The van der Waals surface area contributed by atoms with E-state index in [-0.39, 0.29) is 0 Å². The highest BCUT2D eigenvalue weighted by Gasteiger charge is 2.12. The second-order valence-electron chi connectivity index (χ2n) is 4.31. The summed E-state index contributed by atoms with van der Waals surface area (Å²) in [6.45, 7) is 5.92. The van der Waals surface area contributed by atoms with Crippen LogP contribution in [0, 0.1) is 5.95 Å². The van der Waals surface area contributed by atoms with Crippen LogP contribution in [0.25, 0.3) is 0 Å². The molecule has 1 fully saturated rings. The van der Waals surface area contributed by atoms with Gasteiger partial charge in [-0.05, 0) is 19.2 Å². The number of hydrogen-bond acceptors (Lipinski definition) is 4. The molecule has 0 radical (unpaired) electrons. The molecule has 0 unspecified atom stereocenters. The standard InChI is InChI=1S/C12H18FN3O/c1-15-4-6-16(7-5-15)8-9-17-11-2-3-12(13)14-10-11/h2-3,10H,4-9H2,1H3. The Balaban J connectivity index is 1.67. The molecule has 1 saturated heterocycles. The van der Waals surface area contributed by atoms with Gasteiger partial charge >= 0.3 is 0 Å². The number of pyridine rings is 1. The van der Waals surface area contributed by atoms with Crippen LogP contribution < -0.4 is 4.74 Å². The second-order valence-corrected chi connectivity index (χ2v) is 4.31. The third kappa shape index (κ3) is 3.94. The minimum atomic E-state index is -0.476. The lowest BCUT2D eigenvalue weighted by atomic mass is 10.3. The predicted octanol–water partition coefficient (Wildman–Crippen LogP) is 0.847. The molecule has 0 saturated carbocycles. The van der Waals surface area contributed by atoms with Crippen molar-refractivity contribution in [2.75, 3.05) is 46.4 Å². The van der Waals surface area contributed by atoms with Gasteiger partial charge in [-0.2, -0.15) is 4.39 Å². The van der Waals surface area contributed by atoms with Crippen molar-refractivity contribution >= 4 is 0 Å². The van der Waals surface area contributed by atoms with E-state index in [4.69, 9.17) is 4.74 Å². The molecule has 4 nitrogen and oxygen atoms in total. The third-order valence-electron chi connectivity index (χ3n) is 2.97. The summed E-state index contributed by atoms with van der Waals surface area (Å²) in [5.41, 5.74) is 0. The van der Waals surface area contributed by atoms with E-state index >= 15 is 0 Å². The summed E-state index contributed by atoms with van der Waals surface area (Å²) in [6, 6.07) is 2.91. The van der Waals surface area contributed by atoms with Crippen molar-refractivity contribution in [1.29, 1.82) is 0 Å². The van der Waals surface area contributed by atoms with Gasteiger partial charge in [-0.3, -0.25) is 4.90 Å². The highest BCUT2D eigenvalue weighted by molar-refractivity contribution is 5.15. The minimum absolute atomic E-state index is 0.476. The molecule has 1 aromatic rings. The van der Waals surface area contributed by atoms with Crippen LogP contribution in [0.5, 0.6) is 5.75 Å². The summed E-state index contributed by atoms with van der Waals surface area (Å²) < 4.78 is 18.1. The summed E-state index contributed by atoms with van der Waals surface area (Å²) in [7, 11) is 2.14. The van der Waals surface area contributed by atoms with Crippen molar-refractivity contribution in [3.63, 3.8) is 0 Å². The molecule has 5 heteroatoms. The number of nitrogens with zero attached hydrogens (tertiary/aromatic N) is 3. The number of aromatic nitrogens is 1. The molecular weight excluding hydrogens is 221 g/mol. The normalized spacial score (nSPS) is 18.2. The Bertz CT molecular complexity index is 336. The van der Waals surface area contributed by atoms with Crippen LogP contribution in [-0.2, 0) is 0 Å². The first-order chi connectivity index (χ1) is 8.24. The molecule has 2 heterocycles. The molecule has 1 aliphatic rings. The molecule has 17 heavy (non-hydrogen) atoms. The molecule has 0 N–H and O–H groups in total.